The van der Waals surface area contributed by atoms with E-state index in [2.05, 4.69) is 5.32 Å². The normalized spacial score (nSPS) is 11.5. The van der Waals surface area contributed by atoms with Crippen LogP contribution in [0, 0.1) is 26.6 Å². The number of carbonyl (C=O) groups excluding carboxylic acids is 1. The van der Waals surface area contributed by atoms with Crippen LogP contribution < -0.4 is 10.7 Å². The Hall–Kier alpha value is -3.78. The number of pyridine rings is 1. The van der Waals surface area contributed by atoms with Crippen LogP contribution in [0.4, 0.5) is 10.1 Å². The molecule has 0 bridgehead atoms. The smallest absolute Gasteiger partial charge is 0.244 e. The SMILES string of the molecule is Cc1ccc(S(=O)(=O)c2cn(CC(=O)Nc3ccc(C)cc3C)c3ccc(F)cc3c2=O)cc1. The molecular formula is C26H23FN2O4S. The molecule has 0 saturated heterocycles. The first-order valence-electron chi connectivity index (χ1n) is 10.6. The Morgan fingerprint density at radius 1 is 0.941 bits per heavy atom. The number of hydrogen-bond acceptors (Lipinski definition) is 4. The summed E-state index contributed by atoms with van der Waals surface area (Å²) in [6.45, 7) is 5.36. The summed E-state index contributed by atoms with van der Waals surface area (Å²) in [5.41, 5.74) is 2.85. The molecule has 1 amide bonds. The minimum absolute atomic E-state index is 0.0581. The second-order valence-corrected chi connectivity index (χ2v) is 10.2. The van der Waals surface area contributed by atoms with E-state index >= 15 is 0 Å². The van der Waals surface area contributed by atoms with Gasteiger partial charge in [0.25, 0.3) is 0 Å². The third kappa shape index (κ3) is 4.49. The molecule has 4 aromatic rings. The number of rotatable bonds is 5. The van der Waals surface area contributed by atoms with Crippen molar-refractivity contribution in [1.29, 1.82) is 0 Å². The maximum Gasteiger partial charge on any atom is 0.244 e. The van der Waals surface area contributed by atoms with Gasteiger partial charge in [-0.2, -0.15) is 0 Å². The number of hydrogen-bond donors (Lipinski definition) is 1. The van der Waals surface area contributed by atoms with Gasteiger partial charge in [0.2, 0.25) is 21.2 Å². The average Bonchev–Trinajstić information content (AvgIpc) is 2.78. The topological polar surface area (TPSA) is 85.2 Å². The summed E-state index contributed by atoms with van der Waals surface area (Å²) >= 11 is 0. The van der Waals surface area contributed by atoms with Crippen LogP contribution in [0.5, 0.6) is 0 Å². The van der Waals surface area contributed by atoms with Gasteiger partial charge in [-0.25, -0.2) is 12.8 Å². The van der Waals surface area contributed by atoms with E-state index in [-0.39, 0.29) is 22.3 Å². The summed E-state index contributed by atoms with van der Waals surface area (Å²) in [4.78, 5) is 25.4. The van der Waals surface area contributed by atoms with Crippen LogP contribution in [0.15, 0.2) is 81.4 Å². The van der Waals surface area contributed by atoms with Crippen LogP contribution in [0.3, 0.4) is 0 Å². The Balaban J connectivity index is 1.82. The van der Waals surface area contributed by atoms with E-state index < -0.39 is 31.9 Å². The lowest BCUT2D eigenvalue weighted by atomic mass is 10.1. The number of benzene rings is 3. The zero-order valence-electron chi connectivity index (χ0n) is 18.9. The number of anilines is 1. The van der Waals surface area contributed by atoms with E-state index in [9.17, 15) is 22.4 Å². The Labute approximate surface area is 196 Å². The predicted octanol–water partition coefficient (Wildman–Crippen LogP) is 4.54. The Morgan fingerprint density at radius 2 is 1.62 bits per heavy atom. The number of carbonyl (C=O) groups is 1. The first-order valence-corrected chi connectivity index (χ1v) is 12.1. The molecule has 0 aliphatic rings. The summed E-state index contributed by atoms with van der Waals surface area (Å²) in [5, 5.41) is 2.69. The van der Waals surface area contributed by atoms with E-state index in [1.165, 1.54) is 22.8 Å². The maximum atomic E-state index is 14.0. The molecule has 0 fully saturated rings. The van der Waals surface area contributed by atoms with Crippen molar-refractivity contribution in [3.8, 4) is 0 Å². The van der Waals surface area contributed by atoms with Crippen molar-refractivity contribution >= 4 is 32.3 Å². The second kappa shape index (κ2) is 8.87. The highest BCUT2D eigenvalue weighted by atomic mass is 32.2. The van der Waals surface area contributed by atoms with Gasteiger partial charge in [0, 0.05) is 17.3 Å². The number of aryl methyl sites for hydroxylation is 3. The molecule has 8 heteroatoms. The molecule has 0 aliphatic heterocycles. The van der Waals surface area contributed by atoms with Gasteiger partial charge in [-0.15, -0.1) is 0 Å². The summed E-state index contributed by atoms with van der Waals surface area (Å²) in [5.74, 6) is -1.10. The van der Waals surface area contributed by atoms with Crippen LogP contribution in [-0.4, -0.2) is 18.9 Å². The highest BCUT2D eigenvalue weighted by Gasteiger charge is 2.24. The molecule has 0 saturated carbocycles. The molecule has 1 N–H and O–H groups in total. The number of sulfone groups is 1. The molecule has 3 aromatic carbocycles. The molecule has 0 atom stereocenters. The molecule has 1 heterocycles. The predicted molar refractivity (Wildman–Crippen MR) is 129 cm³/mol. The van der Waals surface area contributed by atoms with E-state index in [1.54, 1.807) is 18.2 Å². The van der Waals surface area contributed by atoms with Crippen molar-refractivity contribution in [3.05, 3.63) is 99.6 Å². The highest BCUT2D eigenvalue weighted by Crippen LogP contribution is 2.23. The molecule has 4 rings (SSSR count). The van der Waals surface area contributed by atoms with Crippen molar-refractivity contribution in [2.24, 2.45) is 0 Å². The van der Waals surface area contributed by atoms with Crippen molar-refractivity contribution in [1.82, 2.24) is 4.57 Å². The lowest BCUT2D eigenvalue weighted by Gasteiger charge is -2.15. The largest absolute Gasteiger partial charge is 0.336 e. The number of nitrogens with one attached hydrogen (secondary N) is 1. The molecule has 0 aliphatic carbocycles. The lowest BCUT2D eigenvalue weighted by Crippen LogP contribution is -2.24. The van der Waals surface area contributed by atoms with Crippen LogP contribution in [0.25, 0.3) is 10.9 Å². The van der Waals surface area contributed by atoms with Crippen molar-refractivity contribution < 1.29 is 17.6 Å². The zero-order valence-corrected chi connectivity index (χ0v) is 19.7. The van der Waals surface area contributed by atoms with Crippen molar-refractivity contribution in [3.63, 3.8) is 0 Å². The number of amides is 1. The summed E-state index contributed by atoms with van der Waals surface area (Å²) < 4.78 is 41.9. The summed E-state index contributed by atoms with van der Waals surface area (Å²) in [7, 11) is -4.21. The van der Waals surface area contributed by atoms with Crippen LogP contribution in [0.1, 0.15) is 16.7 Å². The fraction of sp³-hybridized carbons (Fsp3) is 0.154. The lowest BCUT2D eigenvalue weighted by molar-refractivity contribution is -0.116. The molecular weight excluding hydrogens is 455 g/mol. The maximum absolute atomic E-state index is 14.0. The fourth-order valence-corrected chi connectivity index (χ4v) is 5.18. The Bertz CT molecular complexity index is 1590. The molecule has 0 radical (unpaired) electrons. The Kier molecular flexibility index (Phi) is 6.10. The molecule has 6 nitrogen and oxygen atoms in total. The number of halogens is 1. The van der Waals surface area contributed by atoms with Gasteiger partial charge in [-0.1, -0.05) is 35.4 Å². The number of nitrogens with zero attached hydrogens (tertiary/aromatic N) is 1. The van der Waals surface area contributed by atoms with Crippen LogP contribution in [-0.2, 0) is 21.2 Å². The van der Waals surface area contributed by atoms with Crippen LogP contribution >= 0.6 is 0 Å². The third-order valence-electron chi connectivity index (χ3n) is 5.60. The number of aromatic nitrogens is 1. The van der Waals surface area contributed by atoms with Gasteiger partial charge >= 0.3 is 0 Å². The summed E-state index contributed by atoms with van der Waals surface area (Å²) in [6.07, 6.45) is 1.15. The van der Waals surface area contributed by atoms with E-state index in [0.717, 1.165) is 35.0 Å². The van der Waals surface area contributed by atoms with Crippen molar-refractivity contribution in [2.45, 2.75) is 37.1 Å². The first-order chi connectivity index (χ1) is 16.1. The first kappa shape index (κ1) is 23.4. The van der Waals surface area contributed by atoms with E-state index in [4.69, 9.17) is 0 Å². The Morgan fingerprint density at radius 3 is 2.29 bits per heavy atom. The second-order valence-electron chi connectivity index (χ2n) is 8.29. The standard InChI is InChI=1S/C26H23FN2O4S/c1-16-4-8-20(9-5-16)34(32,33)24-14-29(23-11-7-19(27)13-21(23)26(24)31)15-25(30)28-22-10-6-17(2)12-18(22)3/h4-14H,15H2,1-3H3,(H,28,30). The average molecular weight is 479 g/mol. The van der Waals surface area contributed by atoms with Crippen LogP contribution in [0.2, 0.25) is 0 Å². The third-order valence-corrected chi connectivity index (χ3v) is 7.36. The number of fused-ring (bicyclic) bond motifs is 1. The quantitative estimate of drug-likeness (QED) is 0.457. The van der Waals surface area contributed by atoms with E-state index in [1.807, 2.05) is 32.9 Å². The minimum Gasteiger partial charge on any atom is -0.336 e. The zero-order chi connectivity index (χ0) is 24.6. The van der Waals surface area contributed by atoms with Gasteiger partial charge in [0.1, 0.15) is 17.3 Å². The molecule has 1 aromatic heterocycles. The molecule has 0 unspecified atom stereocenters. The van der Waals surface area contributed by atoms with E-state index in [0.29, 0.717) is 5.69 Å². The van der Waals surface area contributed by atoms with Gasteiger partial charge in [-0.3, -0.25) is 9.59 Å². The monoisotopic (exact) mass is 478 g/mol. The van der Waals surface area contributed by atoms with Gasteiger partial charge in [0.15, 0.2) is 0 Å². The van der Waals surface area contributed by atoms with Gasteiger partial charge in [0.05, 0.1) is 10.4 Å². The summed E-state index contributed by atoms with van der Waals surface area (Å²) in [6, 6.07) is 15.2. The molecule has 174 valence electrons. The van der Waals surface area contributed by atoms with Gasteiger partial charge < -0.3 is 9.88 Å². The fourth-order valence-electron chi connectivity index (χ4n) is 3.81. The van der Waals surface area contributed by atoms with Gasteiger partial charge in [-0.05, 0) is 62.7 Å². The van der Waals surface area contributed by atoms with Crippen molar-refractivity contribution in [2.75, 3.05) is 5.32 Å². The minimum atomic E-state index is -4.21. The molecule has 34 heavy (non-hydrogen) atoms. The highest BCUT2D eigenvalue weighted by molar-refractivity contribution is 7.91. The molecule has 0 spiro atoms.